The normalized spacial score (nSPS) is 16.6. The number of carbonyl (C=O) groups excluding carboxylic acids is 2. The lowest BCUT2D eigenvalue weighted by Crippen LogP contribution is -2.43. The Morgan fingerprint density at radius 1 is 1.17 bits per heavy atom. The average Bonchev–Trinajstić information content (AvgIpc) is 2.59. The number of ether oxygens (including phenoxy) is 2. The summed E-state index contributed by atoms with van der Waals surface area (Å²) in [6.07, 6.45) is 7.93. The van der Waals surface area contributed by atoms with E-state index in [1.807, 2.05) is 24.3 Å². The first-order valence-electron chi connectivity index (χ1n) is 8.38. The molecule has 130 valence electrons. The molecule has 24 heavy (non-hydrogen) atoms. The SMILES string of the molecule is COc1ccc(/C=C/C(OC(C)=O)C(=O)NC2CCCCC2)cc1. The van der Waals surface area contributed by atoms with E-state index in [1.165, 1.54) is 13.3 Å². The van der Waals surface area contributed by atoms with Crippen molar-refractivity contribution < 1.29 is 19.1 Å². The summed E-state index contributed by atoms with van der Waals surface area (Å²) in [4.78, 5) is 23.7. The van der Waals surface area contributed by atoms with Gasteiger partial charge in [0.25, 0.3) is 5.91 Å². The maximum atomic E-state index is 12.4. The predicted molar refractivity (Wildman–Crippen MR) is 92.6 cm³/mol. The van der Waals surface area contributed by atoms with Gasteiger partial charge < -0.3 is 14.8 Å². The van der Waals surface area contributed by atoms with E-state index in [9.17, 15) is 9.59 Å². The van der Waals surface area contributed by atoms with Crippen LogP contribution in [0.15, 0.2) is 30.3 Å². The number of nitrogens with one attached hydrogen (secondary N) is 1. The summed E-state index contributed by atoms with van der Waals surface area (Å²) in [5.74, 6) is 0.0266. The summed E-state index contributed by atoms with van der Waals surface area (Å²) in [6, 6.07) is 7.60. The van der Waals surface area contributed by atoms with Gasteiger partial charge in [0.2, 0.25) is 0 Å². The third-order valence-corrected chi connectivity index (χ3v) is 4.08. The molecule has 1 fully saturated rings. The number of methoxy groups -OCH3 is 1. The zero-order chi connectivity index (χ0) is 17.4. The van der Waals surface area contributed by atoms with E-state index in [-0.39, 0.29) is 11.9 Å². The van der Waals surface area contributed by atoms with Crippen LogP contribution in [-0.4, -0.2) is 31.1 Å². The Labute approximate surface area is 143 Å². The molecular formula is C19H25NO4. The Hall–Kier alpha value is -2.30. The van der Waals surface area contributed by atoms with Gasteiger partial charge in [0, 0.05) is 13.0 Å². The third-order valence-electron chi connectivity index (χ3n) is 4.08. The van der Waals surface area contributed by atoms with Gasteiger partial charge in [-0.15, -0.1) is 0 Å². The molecule has 0 radical (unpaired) electrons. The molecule has 0 aliphatic heterocycles. The van der Waals surface area contributed by atoms with Crippen LogP contribution in [0.4, 0.5) is 0 Å². The van der Waals surface area contributed by atoms with Crippen molar-refractivity contribution in [3.8, 4) is 5.75 Å². The van der Waals surface area contributed by atoms with Crippen LogP contribution in [0.25, 0.3) is 6.08 Å². The number of hydrogen-bond donors (Lipinski definition) is 1. The molecule has 5 heteroatoms. The van der Waals surface area contributed by atoms with Crippen molar-refractivity contribution in [2.45, 2.75) is 51.2 Å². The molecule has 1 N–H and O–H groups in total. The van der Waals surface area contributed by atoms with Crippen molar-refractivity contribution in [1.29, 1.82) is 0 Å². The molecule has 1 aromatic carbocycles. The fraction of sp³-hybridized carbons (Fsp3) is 0.474. The summed E-state index contributed by atoms with van der Waals surface area (Å²) in [7, 11) is 1.61. The van der Waals surface area contributed by atoms with Crippen LogP contribution in [0.3, 0.4) is 0 Å². The minimum atomic E-state index is -0.911. The van der Waals surface area contributed by atoms with E-state index in [4.69, 9.17) is 9.47 Å². The van der Waals surface area contributed by atoms with Crippen LogP contribution >= 0.6 is 0 Å². The number of amides is 1. The minimum Gasteiger partial charge on any atom is -0.497 e. The molecule has 1 unspecified atom stereocenters. The molecular weight excluding hydrogens is 306 g/mol. The molecule has 1 aromatic rings. The molecule has 0 heterocycles. The maximum Gasteiger partial charge on any atom is 0.303 e. The zero-order valence-electron chi connectivity index (χ0n) is 14.3. The van der Waals surface area contributed by atoms with Crippen molar-refractivity contribution in [3.63, 3.8) is 0 Å². The van der Waals surface area contributed by atoms with Gasteiger partial charge in [-0.25, -0.2) is 0 Å². The highest BCUT2D eigenvalue weighted by Crippen LogP contribution is 2.18. The van der Waals surface area contributed by atoms with Gasteiger partial charge >= 0.3 is 5.97 Å². The fourth-order valence-corrected chi connectivity index (χ4v) is 2.80. The highest BCUT2D eigenvalue weighted by atomic mass is 16.5. The lowest BCUT2D eigenvalue weighted by atomic mass is 9.95. The van der Waals surface area contributed by atoms with E-state index in [0.29, 0.717) is 0 Å². The van der Waals surface area contributed by atoms with Gasteiger partial charge in [0.15, 0.2) is 6.10 Å². The van der Waals surface area contributed by atoms with E-state index in [2.05, 4.69) is 5.32 Å². The number of rotatable bonds is 6. The van der Waals surface area contributed by atoms with E-state index in [1.54, 1.807) is 19.3 Å². The third kappa shape index (κ3) is 5.72. The first kappa shape index (κ1) is 18.0. The molecule has 0 bridgehead atoms. The van der Waals surface area contributed by atoms with Crippen LogP contribution in [0.5, 0.6) is 5.75 Å². The van der Waals surface area contributed by atoms with Crippen LogP contribution in [-0.2, 0) is 14.3 Å². The molecule has 1 atom stereocenters. The lowest BCUT2D eigenvalue weighted by molar-refractivity contribution is -0.151. The second kappa shape index (κ2) is 9.11. The second-order valence-electron chi connectivity index (χ2n) is 6.01. The molecule has 1 aliphatic rings. The summed E-state index contributed by atoms with van der Waals surface area (Å²) in [5, 5.41) is 2.99. The molecule has 0 aromatic heterocycles. The standard InChI is InChI=1S/C19H25NO4/c1-14(21)24-18(19(22)20-16-6-4-3-5-7-16)13-10-15-8-11-17(23-2)12-9-15/h8-13,16,18H,3-7H2,1-2H3,(H,20,22)/b13-10+. The van der Waals surface area contributed by atoms with Crippen LogP contribution in [0.2, 0.25) is 0 Å². The first-order chi connectivity index (χ1) is 11.6. The molecule has 0 saturated heterocycles. The monoisotopic (exact) mass is 331 g/mol. The first-order valence-corrected chi connectivity index (χ1v) is 8.38. The zero-order valence-corrected chi connectivity index (χ0v) is 14.3. The van der Waals surface area contributed by atoms with Gasteiger partial charge in [-0.2, -0.15) is 0 Å². The summed E-state index contributed by atoms with van der Waals surface area (Å²) in [5.41, 5.74) is 0.901. The minimum absolute atomic E-state index is 0.179. The van der Waals surface area contributed by atoms with Crippen LogP contribution in [0, 0.1) is 0 Å². The van der Waals surface area contributed by atoms with Gasteiger partial charge in [-0.05, 0) is 36.6 Å². The Kier molecular flexibility index (Phi) is 6.85. The molecule has 1 saturated carbocycles. The van der Waals surface area contributed by atoms with E-state index < -0.39 is 12.1 Å². The fourth-order valence-electron chi connectivity index (χ4n) is 2.80. The Morgan fingerprint density at radius 2 is 1.83 bits per heavy atom. The molecule has 1 aliphatic carbocycles. The summed E-state index contributed by atoms with van der Waals surface area (Å²) >= 11 is 0. The van der Waals surface area contributed by atoms with E-state index >= 15 is 0 Å². The van der Waals surface area contributed by atoms with Gasteiger partial charge in [0.05, 0.1) is 7.11 Å². The predicted octanol–water partition coefficient (Wildman–Crippen LogP) is 3.09. The topological polar surface area (TPSA) is 64.6 Å². The number of carbonyl (C=O) groups is 2. The van der Waals surface area contributed by atoms with Gasteiger partial charge in [-0.3, -0.25) is 9.59 Å². The van der Waals surface area contributed by atoms with Crippen molar-refractivity contribution in [3.05, 3.63) is 35.9 Å². The quantitative estimate of drug-likeness (QED) is 0.814. The largest absolute Gasteiger partial charge is 0.497 e. The van der Waals surface area contributed by atoms with Crippen molar-refractivity contribution >= 4 is 18.0 Å². The smallest absolute Gasteiger partial charge is 0.303 e. The highest BCUT2D eigenvalue weighted by Gasteiger charge is 2.22. The summed E-state index contributed by atoms with van der Waals surface area (Å²) < 4.78 is 10.3. The second-order valence-corrected chi connectivity index (χ2v) is 6.01. The maximum absolute atomic E-state index is 12.4. The number of hydrogen-bond acceptors (Lipinski definition) is 4. The molecule has 2 rings (SSSR count). The Bertz CT molecular complexity index is 574. The van der Waals surface area contributed by atoms with Crippen molar-refractivity contribution in [2.24, 2.45) is 0 Å². The van der Waals surface area contributed by atoms with Crippen molar-refractivity contribution in [1.82, 2.24) is 5.32 Å². The molecule has 5 nitrogen and oxygen atoms in total. The molecule has 0 spiro atoms. The number of esters is 1. The number of benzene rings is 1. The average molecular weight is 331 g/mol. The van der Waals surface area contributed by atoms with E-state index in [0.717, 1.165) is 37.0 Å². The van der Waals surface area contributed by atoms with Crippen LogP contribution in [0.1, 0.15) is 44.6 Å². The van der Waals surface area contributed by atoms with Crippen molar-refractivity contribution in [2.75, 3.05) is 7.11 Å². The van der Waals surface area contributed by atoms with Crippen LogP contribution < -0.4 is 10.1 Å². The van der Waals surface area contributed by atoms with Gasteiger partial charge in [-0.1, -0.05) is 37.5 Å². The highest BCUT2D eigenvalue weighted by molar-refractivity contribution is 5.86. The van der Waals surface area contributed by atoms with Gasteiger partial charge in [0.1, 0.15) is 5.75 Å². The lowest BCUT2D eigenvalue weighted by Gasteiger charge is -2.24. The Morgan fingerprint density at radius 3 is 2.42 bits per heavy atom. The Balaban J connectivity index is 2.01. The summed E-state index contributed by atoms with van der Waals surface area (Å²) in [6.45, 7) is 1.31. The molecule has 1 amide bonds.